The van der Waals surface area contributed by atoms with Gasteiger partial charge in [0, 0.05) is 49.8 Å². The van der Waals surface area contributed by atoms with Crippen molar-refractivity contribution in [2.75, 3.05) is 39.3 Å². The average molecular weight is 627 g/mol. The van der Waals surface area contributed by atoms with E-state index < -0.39 is 23.5 Å². The van der Waals surface area contributed by atoms with E-state index in [0.717, 1.165) is 41.1 Å². The molecule has 2 aromatic rings. The van der Waals surface area contributed by atoms with E-state index in [1.165, 1.54) is 71.0 Å². The van der Waals surface area contributed by atoms with Gasteiger partial charge in [-0.1, -0.05) is 48.5 Å². The van der Waals surface area contributed by atoms with Crippen LogP contribution in [0.5, 0.6) is 0 Å². The van der Waals surface area contributed by atoms with Crippen LogP contribution in [0.15, 0.2) is 36.4 Å². The quantitative estimate of drug-likeness (QED) is 0.232. The second kappa shape index (κ2) is 11.3. The highest BCUT2D eigenvalue weighted by Crippen LogP contribution is 2.54. The highest BCUT2D eigenvalue weighted by Gasteiger charge is 2.53. The number of hydrogen-bond donors (Lipinski definition) is 0. The Labute approximate surface area is 255 Å². The third-order valence-corrected chi connectivity index (χ3v) is 12.2. The number of fused-ring (bicyclic) bond motifs is 3. The molecule has 0 radical (unpaired) electrons. The molecule has 228 valence electrons. The lowest BCUT2D eigenvalue weighted by Crippen LogP contribution is -2.64. The SMILES string of the molecule is O=C(c1ccc(F)c(C(F)(F)F)c1)N1CCC(CC[N+]23CCC(C4CCCCC4)(CC2)CC3)(c2ccc(Cl)c(Cl)c2)C1. The zero-order valence-corrected chi connectivity index (χ0v) is 25.4. The summed E-state index contributed by atoms with van der Waals surface area (Å²) in [6, 6.07) is 8.16. The summed E-state index contributed by atoms with van der Waals surface area (Å²) in [7, 11) is 0. The molecule has 7 rings (SSSR count). The molecule has 4 saturated heterocycles. The normalized spacial score (nSPS) is 30.2. The van der Waals surface area contributed by atoms with Crippen LogP contribution in [0.4, 0.5) is 17.6 Å². The van der Waals surface area contributed by atoms with Gasteiger partial charge in [0.15, 0.2) is 0 Å². The fourth-order valence-electron chi connectivity index (χ4n) is 8.72. The van der Waals surface area contributed by atoms with Gasteiger partial charge in [-0.2, -0.15) is 13.2 Å². The average Bonchev–Trinajstić information content (AvgIpc) is 3.44. The minimum absolute atomic E-state index is 0.151. The third-order valence-electron chi connectivity index (χ3n) is 11.5. The molecule has 1 atom stereocenters. The van der Waals surface area contributed by atoms with E-state index in [9.17, 15) is 22.4 Å². The van der Waals surface area contributed by atoms with Gasteiger partial charge in [-0.05, 0) is 66.5 Å². The summed E-state index contributed by atoms with van der Waals surface area (Å²) in [6.45, 7) is 5.38. The van der Waals surface area contributed by atoms with E-state index in [1.54, 1.807) is 11.0 Å². The molecule has 2 aromatic carbocycles. The maximum absolute atomic E-state index is 13.9. The molecule has 4 aliphatic heterocycles. The van der Waals surface area contributed by atoms with Gasteiger partial charge in [0.05, 0.1) is 41.8 Å². The van der Waals surface area contributed by atoms with Crippen LogP contribution in [0.2, 0.25) is 10.0 Å². The predicted octanol–water partition coefficient (Wildman–Crippen LogP) is 8.91. The van der Waals surface area contributed by atoms with Crippen molar-refractivity contribution in [2.45, 2.75) is 75.8 Å². The van der Waals surface area contributed by atoms with Crippen molar-refractivity contribution in [2.24, 2.45) is 11.3 Å². The number of rotatable bonds is 6. The molecule has 0 N–H and O–H groups in total. The summed E-state index contributed by atoms with van der Waals surface area (Å²) < 4.78 is 55.2. The van der Waals surface area contributed by atoms with Gasteiger partial charge in [0.25, 0.3) is 5.91 Å². The lowest BCUT2D eigenvalue weighted by atomic mass is 9.59. The number of benzene rings is 2. The number of carbonyl (C=O) groups is 1. The lowest BCUT2D eigenvalue weighted by Gasteiger charge is -2.58. The summed E-state index contributed by atoms with van der Waals surface area (Å²) in [4.78, 5) is 15.1. The van der Waals surface area contributed by atoms with Gasteiger partial charge in [-0.15, -0.1) is 0 Å². The van der Waals surface area contributed by atoms with Crippen molar-refractivity contribution in [3.63, 3.8) is 0 Å². The second-order valence-electron chi connectivity index (χ2n) is 13.5. The van der Waals surface area contributed by atoms with Crippen molar-refractivity contribution < 1.29 is 26.8 Å². The van der Waals surface area contributed by atoms with E-state index in [1.807, 2.05) is 12.1 Å². The van der Waals surface area contributed by atoms with Gasteiger partial charge < -0.3 is 9.38 Å². The number of piperidine rings is 3. The summed E-state index contributed by atoms with van der Waals surface area (Å²) in [5.41, 5.74) is -0.423. The van der Waals surface area contributed by atoms with E-state index in [4.69, 9.17) is 23.2 Å². The Hall–Kier alpha value is -1.83. The number of hydrogen-bond acceptors (Lipinski definition) is 1. The number of halogens is 6. The number of quaternary nitrogens is 1. The Morgan fingerprint density at radius 3 is 2.26 bits per heavy atom. The minimum Gasteiger partial charge on any atom is -0.338 e. The fraction of sp³-hybridized carbons (Fsp3) is 0.606. The van der Waals surface area contributed by atoms with Gasteiger partial charge in [0.1, 0.15) is 5.82 Å². The fourth-order valence-corrected chi connectivity index (χ4v) is 9.02. The molecule has 4 heterocycles. The van der Waals surface area contributed by atoms with Crippen molar-refractivity contribution in [1.82, 2.24) is 4.90 Å². The van der Waals surface area contributed by atoms with Crippen LogP contribution in [0.1, 0.15) is 85.7 Å². The molecule has 42 heavy (non-hydrogen) atoms. The van der Waals surface area contributed by atoms with Crippen LogP contribution in [0.25, 0.3) is 0 Å². The largest absolute Gasteiger partial charge is 0.419 e. The molecule has 0 spiro atoms. The topological polar surface area (TPSA) is 20.3 Å². The molecular formula is C33H39Cl2F4N2O+. The Kier molecular flexibility index (Phi) is 8.10. The zero-order valence-electron chi connectivity index (χ0n) is 23.9. The van der Waals surface area contributed by atoms with Crippen molar-refractivity contribution in [3.8, 4) is 0 Å². The Balaban J connectivity index is 1.21. The van der Waals surface area contributed by atoms with Crippen LogP contribution in [0, 0.1) is 17.2 Å². The molecule has 1 unspecified atom stereocenters. The van der Waals surface area contributed by atoms with E-state index in [2.05, 4.69) is 0 Å². The smallest absolute Gasteiger partial charge is 0.338 e. The lowest BCUT2D eigenvalue weighted by molar-refractivity contribution is -0.946. The van der Waals surface area contributed by atoms with Gasteiger partial charge in [-0.3, -0.25) is 4.79 Å². The van der Waals surface area contributed by atoms with Gasteiger partial charge in [-0.25, -0.2) is 4.39 Å². The first-order valence-corrected chi connectivity index (χ1v) is 16.2. The zero-order chi connectivity index (χ0) is 29.8. The Morgan fingerprint density at radius 2 is 1.62 bits per heavy atom. The number of nitrogens with zero attached hydrogens (tertiary/aromatic N) is 2. The predicted molar refractivity (Wildman–Crippen MR) is 157 cm³/mol. The summed E-state index contributed by atoms with van der Waals surface area (Å²) in [6.07, 6.45) is 7.47. The minimum atomic E-state index is -4.87. The van der Waals surface area contributed by atoms with Crippen LogP contribution < -0.4 is 0 Å². The molecular weight excluding hydrogens is 587 g/mol. The Morgan fingerprint density at radius 1 is 0.929 bits per heavy atom. The van der Waals surface area contributed by atoms with Crippen molar-refractivity contribution in [1.29, 1.82) is 0 Å². The van der Waals surface area contributed by atoms with Crippen molar-refractivity contribution >= 4 is 29.1 Å². The highest BCUT2D eigenvalue weighted by atomic mass is 35.5. The molecule has 0 aromatic heterocycles. The number of alkyl halides is 3. The first-order chi connectivity index (χ1) is 19.9. The first-order valence-electron chi connectivity index (χ1n) is 15.4. The molecule has 5 aliphatic rings. The van der Waals surface area contributed by atoms with E-state index in [-0.39, 0.29) is 11.0 Å². The monoisotopic (exact) mass is 625 g/mol. The van der Waals surface area contributed by atoms with Gasteiger partial charge in [0.2, 0.25) is 0 Å². The van der Waals surface area contributed by atoms with Crippen LogP contribution in [0.3, 0.4) is 0 Å². The molecule has 1 aliphatic carbocycles. The first kappa shape index (κ1) is 30.2. The maximum Gasteiger partial charge on any atom is 0.419 e. The Bertz CT molecular complexity index is 1320. The van der Waals surface area contributed by atoms with E-state index >= 15 is 0 Å². The molecule has 1 saturated carbocycles. The highest BCUT2D eigenvalue weighted by molar-refractivity contribution is 6.42. The van der Waals surface area contributed by atoms with Gasteiger partial charge >= 0.3 is 6.18 Å². The molecule has 2 bridgehead atoms. The summed E-state index contributed by atoms with van der Waals surface area (Å²) in [5.74, 6) is -1.01. The number of carbonyl (C=O) groups excluding carboxylic acids is 1. The third kappa shape index (κ3) is 5.59. The van der Waals surface area contributed by atoms with Crippen LogP contribution in [-0.4, -0.2) is 54.6 Å². The van der Waals surface area contributed by atoms with Crippen LogP contribution >= 0.6 is 23.2 Å². The van der Waals surface area contributed by atoms with Crippen LogP contribution in [-0.2, 0) is 11.6 Å². The van der Waals surface area contributed by atoms with E-state index in [0.29, 0.717) is 41.0 Å². The number of amides is 1. The molecule has 3 nitrogen and oxygen atoms in total. The molecule has 9 heteroatoms. The molecule has 5 fully saturated rings. The second-order valence-corrected chi connectivity index (χ2v) is 14.3. The maximum atomic E-state index is 13.9. The molecule has 1 amide bonds. The summed E-state index contributed by atoms with van der Waals surface area (Å²) >= 11 is 12.7. The van der Waals surface area contributed by atoms with Crippen molar-refractivity contribution in [3.05, 3.63) is 69.0 Å². The standard InChI is InChI=1S/C33H39Cl2F4N2O/c34-27-8-7-25(21-28(27)35)32(10-15-40(22-32)30(42)23-6-9-29(36)26(20-23)33(37,38)39)14-19-41-16-11-31(12-17-41,13-18-41)24-4-2-1-3-5-24/h6-9,20-21,24H,1-5,10-19,22H2/q+1. The number of likely N-dealkylation sites (tertiary alicyclic amines) is 1. The summed E-state index contributed by atoms with van der Waals surface area (Å²) in [5, 5.41) is 0.910.